The van der Waals surface area contributed by atoms with Crippen LogP contribution in [0.4, 0.5) is 5.69 Å². The second-order valence-corrected chi connectivity index (χ2v) is 6.47. The summed E-state index contributed by atoms with van der Waals surface area (Å²) in [6, 6.07) is 24.8. The van der Waals surface area contributed by atoms with Gasteiger partial charge in [-0.3, -0.25) is 5.43 Å². The van der Waals surface area contributed by atoms with Gasteiger partial charge < -0.3 is 0 Å². The largest absolute Gasteiger partial charge is 0.278 e. The summed E-state index contributed by atoms with van der Waals surface area (Å²) >= 11 is 6.17. The van der Waals surface area contributed by atoms with Crippen LogP contribution in [0, 0.1) is 6.92 Å². The third kappa shape index (κ3) is 3.09. The van der Waals surface area contributed by atoms with Crippen molar-refractivity contribution in [3.8, 4) is 0 Å². The van der Waals surface area contributed by atoms with Gasteiger partial charge in [-0.25, -0.2) is 0 Å². The van der Waals surface area contributed by atoms with Gasteiger partial charge in [0.15, 0.2) is 0 Å². The first-order valence-electron chi connectivity index (χ1n) is 8.18. The van der Waals surface area contributed by atoms with E-state index < -0.39 is 0 Å². The monoisotopic (exact) mass is 344 g/mol. The highest BCUT2D eigenvalue weighted by Crippen LogP contribution is 2.27. The molecule has 0 aliphatic heterocycles. The van der Waals surface area contributed by atoms with E-state index in [0.717, 1.165) is 21.8 Å². The molecule has 3 heteroatoms. The molecule has 0 unspecified atom stereocenters. The number of halogens is 1. The fourth-order valence-electron chi connectivity index (χ4n) is 3.02. The van der Waals surface area contributed by atoms with Crippen LogP contribution >= 0.6 is 11.6 Å². The molecule has 0 aliphatic carbocycles. The number of hydrazone groups is 1. The van der Waals surface area contributed by atoms with Crippen molar-refractivity contribution in [1.82, 2.24) is 0 Å². The first-order valence-corrected chi connectivity index (χ1v) is 8.56. The van der Waals surface area contributed by atoms with Gasteiger partial charge in [-0.2, -0.15) is 5.10 Å². The smallest absolute Gasteiger partial charge is 0.0576 e. The highest BCUT2D eigenvalue weighted by molar-refractivity contribution is 6.31. The van der Waals surface area contributed by atoms with Crippen LogP contribution in [0.1, 0.15) is 11.1 Å². The molecule has 4 rings (SSSR count). The lowest BCUT2D eigenvalue weighted by Gasteiger charge is -2.08. The summed E-state index contributed by atoms with van der Waals surface area (Å²) < 4.78 is 0. The molecule has 0 radical (unpaired) electrons. The average Bonchev–Trinajstić information content (AvgIpc) is 2.64. The molecule has 4 aromatic carbocycles. The van der Waals surface area contributed by atoms with Crippen molar-refractivity contribution < 1.29 is 0 Å². The zero-order chi connectivity index (χ0) is 17.2. The summed E-state index contributed by atoms with van der Waals surface area (Å²) in [5, 5.41) is 9.98. The van der Waals surface area contributed by atoms with Gasteiger partial charge >= 0.3 is 0 Å². The molecule has 0 fully saturated rings. The quantitative estimate of drug-likeness (QED) is 0.259. The van der Waals surface area contributed by atoms with Crippen LogP contribution in [0.25, 0.3) is 21.5 Å². The Bertz CT molecular complexity index is 1050. The molecule has 1 N–H and O–H groups in total. The Hall–Kier alpha value is -2.84. The average molecular weight is 345 g/mol. The van der Waals surface area contributed by atoms with Crippen LogP contribution in [0.5, 0.6) is 0 Å². The minimum Gasteiger partial charge on any atom is -0.278 e. The van der Waals surface area contributed by atoms with Crippen LogP contribution in [0.15, 0.2) is 77.9 Å². The number of hydrogen-bond acceptors (Lipinski definition) is 2. The van der Waals surface area contributed by atoms with E-state index >= 15 is 0 Å². The lowest BCUT2D eigenvalue weighted by molar-refractivity contribution is 1.34. The third-order valence-electron chi connectivity index (χ3n) is 4.37. The molecule has 4 aromatic rings. The van der Waals surface area contributed by atoms with Gasteiger partial charge in [0.1, 0.15) is 0 Å². The molecule has 0 saturated heterocycles. The molecule has 0 aromatic heterocycles. The molecule has 122 valence electrons. The lowest BCUT2D eigenvalue weighted by atomic mass is 9.97. The van der Waals surface area contributed by atoms with Crippen molar-refractivity contribution in [3.63, 3.8) is 0 Å². The van der Waals surface area contributed by atoms with Crippen molar-refractivity contribution in [1.29, 1.82) is 0 Å². The molecular weight excluding hydrogens is 328 g/mol. The van der Waals surface area contributed by atoms with E-state index in [0.29, 0.717) is 0 Å². The maximum Gasteiger partial charge on any atom is 0.0576 e. The fraction of sp³-hybridized carbons (Fsp3) is 0.0455. The Labute approximate surface area is 151 Å². The number of anilines is 1. The molecule has 0 bridgehead atoms. The maximum atomic E-state index is 6.17. The van der Waals surface area contributed by atoms with Gasteiger partial charge in [-0.05, 0) is 52.2 Å². The van der Waals surface area contributed by atoms with E-state index in [2.05, 4.69) is 65.1 Å². The molecule has 0 saturated carbocycles. The Kier molecular flexibility index (Phi) is 4.12. The van der Waals surface area contributed by atoms with Crippen LogP contribution in [-0.4, -0.2) is 6.21 Å². The van der Waals surface area contributed by atoms with Crippen molar-refractivity contribution in [2.45, 2.75) is 6.92 Å². The Morgan fingerprint density at radius 2 is 1.48 bits per heavy atom. The number of nitrogens with zero attached hydrogens (tertiary/aromatic N) is 1. The Morgan fingerprint density at radius 3 is 2.12 bits per heavy atom. The van der Waals surface area contributed by atoms with E-state index in [1.54, 1.807) is 0 Å². The summed E-state index contributed by atoms with van der Waals surface area (Å²) in [5.74, 6) is 0. The SMILES string of the molecule is Cc1ccc(N/N=C/c2c3ccccc3cc3ccccc23)cc1Cl. The van der Waals surface area contributed by atoms with E-state index in [1.807, 2.05) is 31.3 Å². The third-order valence-corrected chi connectivity index (χ3v) is 4.78. The van der Waals surface area contributed by atoms with Crippen molar-refractivity contribution in [3.05, 3.63) is 88.9 Å². The molecule has 0 amide bonds. The first-order chi connectivity index (χ1) is 12.2. The van der Waals surface area contributed by atoms with Crippen molar-refractivity contribution in [2.24, 2.45) is 5.10 Å². The highest BCUT2D eigenvalue weighted by atomic mass is 35.5. The van der Waals surface area contributed by atoms with Crippen LogP contribution < -0.4 is 5.43 Å². The molecule has 0 spiro atoms. The zero-order valence-electron chi connectivity index (χ0n) is 13.8. The summed E-state index contributed by atoms with van der Waals surface area (Å²) in [6.45, 7) is 1.98. The van der Waals surface area contributed by atoms with Crippen LogP contribution in [0.2, 0.25) is 5.02 Å². The number of benzene rings is 4. The fourth-order valence-corrected chi connectivity index (χ4v) is 3.20. The molecular formula is C22H17ClN2. The van der Waals surface area contributed by atoms with Crippen LogP contribution in [-0.2, 0) is 0 Å². The number of fused-ring (bicyclic) bond motifs is 2. The standard InChI is InChI=1S/C22H17ClN2/c1-15-10-11-18(13-22(15)23)25-24-14-21-19-8-4-2-6-16(19)12-17-7-3-5-9-20(17)21/h2-14,25H,1H3/b24-14+. The van der Waals surface area contributed by atoms with Gasteiger partial charge in [0.2, 0.25) is 0 Å². The van der Waals surface area contributed by atoms with Gasteiger partial charge in [0.25, 0.3) is 0 Å². The van der Waals surface area contributed by atoms with E-state index in [1.165, 1.54) is 21.5 Å². The minimum absolute atomic E-state index is 0.732. The van der Waals surface area contributed by atoms with E-state index in [-0.39, 0.29) is 0 Å². The van der Waals surface area contributed by atoms with E-state index in [9.17, 15) is 0 Å². The summed E-state index contributed by atoms with van der Waals surface area (Å²) in [4.78, 5) is 0. The predicted octanol–water partition coefficient (Wildman–Crippen LogP) is 6.40. The normalized spacial score (nSPS) is 11.4. The highest BCUT2D eigenvalue weighted by Gasteiger charge is 2.05. The van der Waals surface area contributed by atoms with Crippen LogP contribution in [0.3, 0.4) is 0 Å². The van der Waals surface area contributed by atoms with Crippen molar-refractivity contribution >= 4 is 45.0 Å². The maximum absolute atomic E-state index is 6.17. The summed E-state index contributed by atoms with van der Waals surface area (Å²) in [7, 11) is 0. The second kappa shape index (κ2) is 6.58. The number of rotatable bonds is 3. The second-order valence-electron chi connectivity index (χ2n) is 6.07. The molecule has 0 aliphatic rings. The zero-order valence-corrected chi connectivity index (χ0v) is 14.6. The predicted molar refractivity (Wildman–Crippen MR) is 109 cm³/mol. The van der Waals surface area contributed by atoms with E-state index in [4.69, 9.17) is 11.6 Å². The lowest BCUT2D eigenvalue weighted by Crippen LogP contribution is -1.93. The Balaban J connectivity index is 1.77. The topological polar surface area (TPSA) is 24.4 Å². The summed E-state index contributed by atoms with van der Waals surface area (Å²) in [6.07, 6.45) is 1.89. The summed E-state index contributed by atoms with van der Waals surface area (Å²) in [5.41, 5.74) is 6.11. The Morgan fingerprint density at radius 1 is 0.840 bits per heavy atom. The van der Waals surface area contributed by atoms with Gasteiger partial charge in [0.05, 0.1) is 11.9 Å². The minimum atomic E-state index is 0.732. The number of aryl methyl sites for hydroxylation is 1. The molecule has 25 heavy (non-hydrogen) atoms. The first kappa shape index (κ1) is 15.7. The number of nitrogens with one attached hydrogen (secondary N) is 1. The van der Waals surface area contributed by atoms with Gasteiger partial charge in [-0.1, -0.05) is 66.2 Å². The van der Waals surface area contributed by atoms with Gasteiger partial charge in [0, 0.05) is 10.6 Å². The molecule has 0 atom stereocenters. The van der Waals surface area contributed by atoms with Gasteiger partial charge in [-0.15, -0.1) is 0 Å². The molecule has 0 heterocycles. The number of hydrogen-bond donors (Lipinski definition) is 1. The molecule has 2 nitrogen and oxygen atoms in total. The van der Waals surface area contributed by atoms with Crippen molar-refractivity contribution in [2.75, 3.05) is 5.43 Å².